The molecule has 0 aromatic rings. The lowest BCUT2D eigenvalue weighted by molar-refractivity contribution is 0.598. The number of sulfone groups is 1. The average molecular weight is 401 g/mol. The van der Waals surface area contributed by atoms with Gasteiger partial charge in [-0.25, -0.2) is 8.42 Å². The summed E-state index contributed by atoms with van der Waals surface area (Å²) in [5.74, 6) is 2.22. The first-order valence-electron chi connectivity index (χ1n) is 6.76. The maximum atomic E-state index is 11.4. The Hall–Kier alpha value is -0.0500. The molecule has 1 atom stereocenters. The quantitative estimate of drug-likeness (QED) is 0.314. The van der Waals surface area contributed by atoms with Gasteiger partial charge in [-0.2, -0.15) is 0 Å². The van der Waals surface area contributed by atoms with E-state index < -0.39 is 9.84 Å². The fourth-order valence-corrected chi connectivity index (χ4v) is 3.97. The van der Waals surface area contributed by atoms with Crippen LogP contribution in [0, 0.1) is 5.92 Å². The van der Waals surface area contributed by atoms with Crippen LogP contribution >= 0.6 is 24.0 Å². The minimum Gasteiger partial charge on any atom is -0.356 e. The minimum absolute atomic E-state index is 0. The van der Waals surface area contributed by atoms with E-state index in [1.807, 2.05) is 0 Å². The van der Waals surface area contributed by atoms with E-state index >= 15 is 0 Å². The first-order chi connectivity index (χ1) is 8.59. The molecule has 0 spiro atoms. The van der Waals surface area contributed by atoms with E-state index in [9.17, 15) is 8.42 Å². The van der Waals surface area contributed by atoms with Crippen molar-refractivity contribution >= 4 is 39.8 Å². The SMILES string of the molecule is CN=C(NCCCC1CC1)NC1CCS(=O)(=O)C1.I. The van der Waals surface area contributed by atoms with Crippen LogP contribution in [0.4, 0.5) is 0 Å². The molecule has 2 rings (SSSR count). The van der Waals surface area contributed by atoms with Gasteiger partial charge < -0.3 is 10.6 Å². The first kappa shape index (κ1) is 17.0. The van der Waals surface area contributed by atoms with Gasteiger partial charge in [0.2, 0.25) is 0 Å². The van der Waals surface area contributed by atoms with E-state index in [0.717, 1.165) is 24.8 Å². The Kier molecular flexibility index (Phi) is 6.85. The second kappa shape index (κ2) is 7.66. The van der Waals surface area contributed by atoms with Crippen LogP contribution in [0.5, 0.6) is 0 Å². The van der Waals surface area contributed by atoms with E-state index in [1.165, 1.54) is 19.3 Å². The predicted octanol–water partition coefficient (Wildman–Crippen LogP) is 1.15. The monoisotopic (exact) mass is 401 g/mol. The number of nitrogens with zero attached hydrogens (tertiary/aromatic N) is 1. The lowest BCUT2D eigenvalue weighted by Gasteiger charge is -2.15. The maximum absolute atomic E-state index is 11.4. The normalized spacial score (nSPS) is 25.7. The molecule has 1 saturated carbocycles. The summed E-state index contributed by atoms with van der Waals surface area (Å²) in [6.45, 7) is 0.912. The second-order valence-electron chi connectivity index (χ2n) is 5.33. The van der Waals surface area contributed by atoms with Crippen LogP contribution in [-0.2, 0) is 9.84 Å². The molecule has 1 aliphatic carbocycles. The number of rotatable bonds is 5. The Morgan fingerprint density at radius 1 is 1.32 bits per heavy atom. The van der Waals surface area contributed by atoms with Gasteiger partial charge in [-0.05, 0) is 25.2 Å². The summed E-state index contributed by atoms with van der Waals surface area (Å²) in [5.41, 5.74) is 0. The van der Waals surface area contributed by atoms with Gasteiger partial charge in [0, 0.05) is 19.6 Å². The molecule has 0 radical (unpaired) electrons. The van der Waals surface area contributed by atoms with Gasteiger partial charge in [0.05, 0.1) is 11.5 Å². The van der Waals surface area contributed by atoms with Gasteiger partial charge in [0.15, 0.2) is 15.8 Å². The molecule has 7 heteroatoms. The minimum atomic E-state index is -2.82. The van der Waals surface area contributed by atoms with Crippen molar-refractivity contribution in [1.82, 2.24) is 10.6 Å². The summed E-state index contributed by atoms with van der Waals surface area (Å²) in [6, 6.07) is 0.0182. The highest BCUT2D eigenvalue weighted by molar-refractivity contribution is 14.0. The lowest BCUT2D eigenvalue weighted by atomic mass is 10.2. The number of aliphatic imine (C=N–C) groups is 1. The molecule has 0 amide bonds. The highest BCUT2D eigenvalue weighted by Gasteiger charge is 2.28. The molecule has 2 aliphatic rings. The van der Waals surface area contributed by atoms with Crippen LogP contribution in [0.15, 0.2) is 4.99 Å². The number of halogens is 1. The van der Waals surface area contributed by atoms with E-state index in [-0.39, 0.29) is 35.8 Å². The Bertz CT molecular complexity index is 407. The molecule has 112 valence electrons. The van der Waals surface area contributed by atoms with Crippen LogP contribution < -0.4 is 10.6 Å². The van der Waals surface area contributed by atoms with E-state index in [2.05, 4.69) is 15.6 Å². The van der Waals surface area contributed by atoms with E-state index in [4.69, 9.17) is 0 Å². The van der Waals surface area contributed by atoms with Crippen molar-refractivity contribution in [2.24, 2.45) is 10.9 Å². The molecule has 1 saturated heterocycles. The Balaban J connectivity index is 0.00000180. The molecule has 2 fully saturated rings. The molecule has 1 unspecified atom stereocenters. The summed E-state index contributed by atoms with van der Waals surface area (Å²) in [6.07, 6.45) is 5.93. The number of guanidine groups is 1. The standard InChI is InChI=1S/C12H23N3O2S.HI/c1-13-12(14-7-2-3-10-4-5-10)15-11-6-8-18(16,17)9-11;/h10-11H,2-9H2,1H3,(H2,13,14,15);1H. The third kappa shape index (κ3) is 6.29. The maximum Gasteiger partial charge on any atom is 0.191 e. The zero-order valence-electron chi connectivity index (χ0n) is 11.4. The zero-order chi connectivity index (χ0) is 13.0. The molecule has 5 nitrogen and oxygen atoms in total. The summed E-state index contributed by atoms with van der Waals surface area (Å²) < 4.78 is 22.7. The van der Waals surface area contributed by atoms with Gasteiger partial charge in [0.1, 0.15) is 0 Å². The summed E-state index contributed by atoms with van der Waals surface area (Å²) in [7, 11) is -1.10. The van der Waals surface area contributed by atoms with Gasteiger partial charge >= 0.3 is 0 Å². The molecular formula is C12H24IN3O2S. The summed E-state index contributed by atoms with van der Waals surface area (Å²) in [4.78, 5) is 4.13. The van der Waals surface area contributed by atoms with Crippen LogP contribution in [0.3, 0.4) is 0 Å². The van der Waals surface area contributed by atoms with Gasteiger partial charge in [-0.15, -0.1) is 24.0 Å². The summed E-state index contributed by atoms with van der Waals surface area (Å²) in [5, 5.41) is 6.44. The molecule has 1 heterocycles. The third-order valence-corrected chi connectivity index (χ3v) is 5.34. The molecule has 0 bridgehead atoms. The van der Waals surface area contributed by atoms with Crippen molar-refractivity contribution in [3.8, 4) is 0 Å². The average Bonchev–Trinajstić information content (AvgIpc) is 3.08. The molecular weight excluding hydrogens is 377 g/mol. The van der Waals surface area contributed by atoms with Crippen molar-refractivity contribution in [1.29, 1.82) is 0 Å². The highest BCUT2D eigenvalue weighted by atomic mass is 127. The fraction of sp³-hybridized carbons (Fsp3) is 0.917. The Morgan fingerprint density at radius 2 is 2.05 bits per heavy atom. The van der Waals surface area contributed by atoms with Gasteiger partial charge in [-0.3, -0.25) is 4.99 Å². The van der Waals surface area contributed by atoms with Crippen LogP contribution in [0.25, 0.3) is 0 Å². The van der Waals surface area contributed by atoms with E-state index in [1.54, 1.807) is 7.05 Å². The number of hydrogen-bond donors (Lipinski definition) is 2. The Morgan fingerprint density at radius 3 is 2.58 bits per heavy atom. The fourth-order valence-electron chi connectivity index (χ4n) is 2.30. The second-order valence-corrected chi connectivity index (χ2v) is 7.56. The highest BCUT2D eigenvalue weighted by Crippen LogP contribution is 2.33. The molecule has 1 aliphatic heterocycles. The topological polar surface area (TPSA) is 70.6 Å². The molecule has 2 N–H and O–H groups in total. The zero-order valence-corrected chi connectivity index (χ0v) is 14.5. The van der Waals surface area contributed by atoms with Crippen molar-refractivity contribution in [3.05, 3.63) is 0 Å². The van der Waals surface area contributed by atoms with Crippen LogP contribution in [0.2, 0.25) is 0 Å². The van der Waals surface area contributed by atoms with Crippen molar-refractivity contribution in [2.75, 3.05) is 25.1 Å². The largest absolute Gasteiger partial charge is 0.356 e. The number of nitrogens with one attached hydrogen (secondary N) is 2. The molecule has 0 aromatic carbocycles. The van der Waals surface area contributed by atoms with Crippen molar-refractivity contribution in [3.63, 3.8) is 0 Å². The van der Waals surface area contributed by atoms with E-state index in [0.29, 0.717) is 12.2 Å². The molecule has 19 heavy (non-hydrogen) atoms. The van der Waals surface area contributed by atoms with Gasteiger partial charge in [0.25, 0.3) is 0 Å². The van der Waals surface area contributed by atoms with Crippen LogP contribution in [-0.4, -0.2) is 45.5 Å². The Labute approximate surface area is 133 Å². The molecule has 0 aromatic heterocycles. The van der Waals surface area contributed by atoms with Gasteiger partial charge in [-0.1, -0.05) is 12.8 Å². The van der Waals surface area contributed by atoms with Crippen LogP contribution in [0.1, 0.15) is 32.1 Å². The lowest BCUT2D eigenvalue weighted by Crippen LogP contribution is -2.44. The van der Waals surface area contributed by atoms with Crippen molar-refractivity contribution in [2.45, 2.75) is 38.1 Å². The predicted molar refractivity (Wildman–Crippen MR) is 88.9 cm³/mol. The first-order valence-corrected chi connectivity index (χ1v) is 8.59. The van der Waals surface area contributed by atoms with Crippen molar-refractivity contribution < 1.29 is 8.42 Å². The summed E-state index contributed by atoms with van der Waals surface area (Å²) >= 11 is 0. The smallest absolute Gasteiger partial charge is 0.191 e. The number of hydrogen-bond acceptors (Lipinski definition) is 3. The third-order valence-electron chi connectivity index (χ3n) is 3.58.